The SMILES string of the molecule is CC(C)NC(=O)CSCC1(CC(=O)O)CC1. The van der Waals surface area contributed by atoms with Crippen LogP contribution in [0, 0.1) is 5.41 Å². The van der Waals surface area contributed by atoms with Gasteiger partial charge in [0, 0.05) is 6.04 Å². The minimum absolute atomic E-state index is 0.0192. The van der Waals surface area contributed by atoms with Crippen LogP contribution in [0.25, 0.3) is 0 Å². The van der Waals surface area contributed by atoms with Gasteiger partial charge in [0.05, 0.1) is 12.2 Å². The second-order valence-electron chi connectivity index (χ2n) is 4.79. The molecule has 0 saturated heterocycles. The van der Waals surface area contributed by atoms with E-state index in [-0.39, 0.29) is 23.8 Å². The van der Waals surface area contributed by atoms with E-state index in [1.165, 1.54) is 11.8 Å². The molecule has 1 amide bonds. The first-order chi connectivity index (χ1) is 7.43. The second kappa shape index (κ2) is 5.57. The number of thioether (sulfide) groups is 1. The van der Waals surface area contributed by atoms with Crippen molar-refractivity contribution in [2.24, 2.45) is 5.41 Å². The Morgan fingerprint density at radius 3 is 2.50 bits per heavy atom. The maximum absolute atomic E-state index is 11.3. The molecule has 0 heterocycles. The van der Waals surface area contributed by atoms with Crippen LogP contribution in [-0.2, 0) is 9.59 Å². The van der Waals surface area contributed by atoms with E-state index in [1.54, 1.807) is 0 Å². The molecular weight excluding hydrogens is 226 g/mol. The van der Waals surface area contributed by atoms with Gasteiger partial charge in [0.15, 0.2) is 0 Å². The van der Waals surface area contributed by atoms with Crippen molar-refractivity contribution in [3.63, 3.8) is 0 Å². The average Bonchev–Trinajstić information content (AvgIpc) is 2.82. The topological polar surface area (TPSA) is 66.4 Å². The Balaban J connectivity index is 2.16. The highest BCUT2D eigenvalue weighted by atomic mass is 32.2. The standard InChI is InChI=1S/C11H19NO3S/c1-8(2)12-9(13)6-16-7-11(3-4-11)5-10(14)15/h8H,3-7H2,1-2H3,(H,12,13)(H,14,15). The normalized spacial score (nSPS) is 17.2. The largest absolute Gasteiger partial charge is 0.481 e. The third-order valence-electron chi connectivity index (χ3n) is 2.57. The number of carboxylic acids is 1. The van der Waals surface area contributed by atoms with Gasteiger partial charge in [-0.15, -0.1) is 0 Å². The van der Waals surface area contributed by atoms with E-state index in [9.17, 15) is 9.59 Å². The summed E-state index contributed by atoms with van der Waals surface area (Å²) in [4.78, 5) is 21.9. The first-order valence-electron chi connectivity index (χ1n) is 5.52. The van der Waals surface area contributed by atoms with Crippen LogP contribution in [0.2, 0.25) is 0 Å². The quantitative estimate of drug-likeness (QED) is 0.713. The Bertz CT molecular complexity index is 274. The number of hydrogen-bond acceptors (Lipinski definition) is 3. The van der Waals surface area contributed by atoms with Gasteiger partial charge in [-0.3, -0.25) is 9.59 Å². The zero-order valence-corrected chi connectivity index (χ0v) is 10.6. The summed E-state index contributed by atoms with van der Waals surface area (Å²) in [6, 6.07) is 0.169. The van der Waals surface area contributed by atoms with Crippen molar-refractivity contribution < 1.29 is 14.7 Å². The molecule has 1 fully saturated rings. The lowest BCUT2D eigenvalue weighted by Gasteiger charge is -2.12. The zero-order valence-electron chi connectivity index (χ0n) is 9.78. The number of carbonyl (C=O) groups is 2. The van der Waals surface area contributed by atoms with Gasteiger partial charge in [-0.05, 0) is 37.9 Å². The molecule has 92 valence electrons. The molecule has 0 radical (unpaired) electrons. The van der Waals surface area contributed by atoms with Crippen molar-refractivity contribution in [2.75, 3.05) is 11.5 Å². The van der Waals surface area contributed by atoms with Crippen molar-refractivity contribution in [1.29, 1.82) is 0 Å². The molecule has 0 bridgehead atoms. The fourth-order valence-corrected chi connectivity index (χ4v) is 2.79. The molecule has 0 atom stereocenters. The molecule has 4 nitrogen and oxygen atoms in total. The van der Waals surface area contributed by atoms with E-state index in [2.05, 4.69) is 5.32 Å². The fraction of sp³-hybridized carbons (Fsp3) is 0.818. The number of rotatable bonds is 7. The van der Waals surface area contributed by atoms with Crippen LogP contribution in [0.1, 0.15) is 33.1 Å². The van der Waals surface area contributed by atoms with E-state index in [4.69, 9.17) is 5.11 Å². The van der Waals surface area contributed by atoms with E-state index in [0.29, 0.717) is 5.75 Å². The van der Waals surface area contributed by atoms with E-state index in [1.807, 2.05) is 13.8 Å². The van der Waals surface area contributed by atoms with Gasteiger partial charge in [0.25, 0.3) is 0 Å². The second-order valence-corrected chi connectivity index (χ2v) is 5.77. The first-order valence-corrected chi connectivity index (χ1v) is 6.68. The van der Waals surface area contributed by atoms with Crippen molar-refractivity contribution in [3.05, 3.63) is 0 Å². The maximum atomic E-state index is 11.3. The van der Waals surface area contributed by atoms with Gasteiger partial charge in [0.1, 0.15) is 0 Å². The maximum Gasteiger partial charge on any atom is 0.303 e. The minimum atomic E-state index is -0.732. The molecule has 0 aromatic rings. The predicted molar refractivity (Wildman–Crippen MR) is 64.5 cm³/mol. The third-order valence-corrected chi connectivity index (χ3v) is 3.86. The average molecular weight is 245 g/mol. The van der Waals surface area contributed by atoms with Crippen LogP contribution in [0.4, 0.5) is 0 Å². The Kier molecular flexibility index (Phi) is 4.65. The molecule has 2 N–H and O–H groups in total. The van der Waals surface area contributed by atoms with Gasteiger partial charge in [0.2, 0.25) is 5.91 Å². The smallest absolute Gasteiger partial charge is 0.303 e. The van der Waals surface area contributed by atoms with E-state index < -0.39 is 5.97 Å². The van der Waals surface area contributed by atoms with Crippen LogP contribution < -0.4 is 5.32 Å². The predicted octanol–water partition coefficient (Wildman–Crippen LogP) is 1.50. The summed E-state index contributed by atoms with van der Waals surface area (Å²) >= 11 is 1.54. The van der Waals surface area contributed by atoms with Crippen LogP contribution in [-0.4, -0.2) is 34.5 Å². The molecule has 0 aromatic carbocycles. The molecule has 0 unspecified atom stereocenters. The summed E-state index contributed by atoms with van der Waals surface area (Å²) in [6.45, 7) is 3.85. The van der Waals surface area contributed by atoms with Crippen LogP contribution in [0.3, 0.4) is 0 Å². The molecule has 1 rings (SSSR count). The van der Waals surface area contributed by atoms with Crippen molar-refractivity contribution >= 4 is 23.6 Å². The highest BCUT2D eigenvalue weighted by molar-refractivity contribution is 7.99. The highest BCUT2D eigenvalue weighted by Crippen LogP contribution is 2.50. The Labute approximate surface area is 100 Å². The van der Waals surface area contributed by atoms with Gasteiger partial charge in [-0.25, -0.2) is 0 Å². The lowest BCUT2D eigenvalue weighted by Crippen LogP contribution is -2.31. The number of aliphatic carboxylic acids is 1. The van der Waals surface area contributed by atoms with E-state index >= 15 is 0 Å². The molecule has 16 heavy (non-hydrogen) atoms. The number of hydrogen-bond donors (Lipinski definition) is 2. The summed E-state index contributed by atoms with van der Waals surface area (Å²) < 4.78 is 0. The van der Waals surface area contributed by atoms with Crippen molar-refractivity contribution in [2.45, 2.75) is 39.2 Å². The Hall–Kier alpha value is -0.710. The monoisotopic (exact) mass is 245 g/mol. The molecule has 5 heteroatoms. The third kappa shape index (κ3) is 4.88. The molecular formula is C11H19NO3S. The Morgan fingerprint density at radius 2 is 2.06 bits per heavy atom. The minimum Gasteiger partial charge on any atom is -0.481 e. The van der Waals surface area contributed by atoms with Gasteiger partial charge in [-0.2, -0.15) is 11.8 Å². The Morgan fingerprint density at radius 1 is 1.44 bits per heavy atom. The summed E-state index contributed by atoms with van der Waals surface area (Å²) in [5.41, 5.74) is -0.0192. The summed E-state index contributed by atoms with van der Waals surface area (Å²) in [6.07, 6.45) is 2.21. The van der Waals surface area contributed by atoms with Gasteiger partial charge < -0.3 is 10.4 Å². The molecule has 1 saturated carbocycles. The lowest BCUT2D eigenvalue weighted by atomic mass is 10.1. The van der Waals surface area contributed by atoms with Gasteiger partial charge in [-0.1, -0.05) is 0 Å². The van der Waals surface area contributed by atoms with E-state index in [0.717, 1.165) is 18.6 Å². The summed E-state index contributed by atoms with van der Waals surface area (Å²) in [5, 5.41) is 11.5. The molecule has 0 aromatic heterocycles. The summed E-state index contributed by atoms with van der Waals surface area (Å²) in [7, 11) is 0. The van der Waals surface area contributed by atoms with Crippen LogP contribution >= 0.6 is 11.8 Å². The highest BCUT2D eigenvalue weighted by Gasteiger charge is 2.44. The van der Waals surface area contributed by atoms with Crippen LogP contribution in [0.5, 0.6) is 0 Å². The van der Waals surface area contributed by atoms with Crippen LogP contribution in [0.15, 0.2) is 0 Å². The molecule has 0 aliphatic heterocycles. The number of amides is 1. The van der Waals surface area contributed by atoms with Crippen molar-refractivity contribution in [1.82, 2.24) is 5.32 Å². The molecule has 0 spiro atoms. The number of carbonyl (C=O) groups excluding carboxylic acids is 1. The van der Waals surface area contributed by atoms with Gasteiger partial charge >= 0.3 is 5.97 Å². The number of carboxylic acid groups (broad SMARTS) is 1. The molecule has 1 aliphatic rings. The van der Waals surface area contributed by atoms with Crippen molar-refractivity contribution in [3.8, 4) is 0 Å². The lowest BCUT2D eigenvalue weighted by molar-refractivity contribution is -0.138. The number of nitrogens with one attached hydrogen (secondary N) is 1. The fourth-order valence-electron chi connectivity index (χ4n) is 1.59. The molecule has 1 aliphatic carbocycles. The zero-order chi connectivity index (χ0) is 12.2. The summed E-state index contributed by atoms with van der Waals surface area (Å²) in [5.74, 6) is 0.514. The first kappa shape index (κ1) is 13.4.